The van der Waals surface area contributed by atoms with Crippen LogP contribution < -0.4 is 11.1 Å². The van der Waals surface area contributed by atoms with Gasteiger partial charge in [-0.05, 0) is 13.8 Å². The Hall–Kier alpha value is -1.85. The fourth-order valence-corrected chi connectivity index (χ4v) is 0.536. The number of primary amides is 1. The highest BCUT2D eigenvalue weighted by Gasteiger charge is 2.13. The van der Waals surface area contributed by atoms with Crippen molar-refractivity contribution in [3.05, 3.63) is 11.1 Å². The molecule has 0 atom stereocenters. The number of rotatable bonds is 2. The highest BCUT2D eigenvalue weighted by molar-refractivity contribution is 6.07. The molecular formula is C7H10N2O4. The van der Waals surface area contributed by atoms with E-state index >= 15 is 0 Å². The summed E-state index contributed by atoms with van der Waals surface area (Å²) in [6, 6.07) is -1.01. The summed E-state index contributed by atoms with van der Waals surface area (Å²) in [5.74, 6) is -2.01. The van der Waals surface area contributed by atoms with Crippen LogP contribution in [0.3, 0.4) is 0 Å². The van der Waals surface area contributed by atoms with Gasteiger partial charge in [0.25, 0.3) is 5.91 Å². The van der Waals surface area contributed by atoms with E-state index in [1.807, 2.05) is 0 Å². The van der Waals surface area contributed by atoms with E-state index in [1.54, 1.807) is 5.32 Å². The lowest BCUT2D eigenvalue weighted by Crippen LogP contribution is -2.36. The molecule has 0 saturated carbocycles. The largest absolute Gasteiger partial charge is 0.478 e. The summed E-state index contributed by atoms with van der Waals surface area (Å²) in [5.41, 5.74) is 4.49. The topological polar surface area (TPSA) is 109 Å². The molecule has 0 aromatic carbocycles. The molecular weight excluding hydrogens is 176 g/mol. The fraction of sp³-hybridized carbons (Fsp3) is 0.286. The number of amides is 3. The van der Waals surface area contributed by atoms with Gasteiger partial charge in [-0.25, -0.2) is 9.59 Å². The maximum absolute atomic E-state index is 11.0. The lowest BCUT2D eigenvalue weighted by molar-refractivity contribution is -0.133. The van der Waals surface area contributed by atoms with E-state index in [0.29, 0.717) is 0 Å². The Balaban J connectivity index is 4.68. The van der Waals surface area contributed by atoms with Gasteiger partial charge in [-0.2, -0.15) is 0 Å². The number of aliphatic carboxylic acids is 1. The summed E-state index contributed by atoms with van der Waals surface area (Å²) in [5, 5.41) is 10.2. The van der Waals surface area contributed by atoms with E-state index in [0.717, 1.165) is 0 Å². The first-order valence-electron chi connectivity index (χ1n) is 3.37. The van der Waals surface area contributed by atoms with E-state index in [4.69, 9.17) is 5.11 Å². The number of nitrogens with one attached hydrogen (secondary N) is 1. The second-order valence-corrected chi connectivity index (χ2v) is 2.37. The molecule has 6 nitrogen and oxygen atoms in total. The minimum atomic E-state index is -1.21. The molecule has 0 rings (SSSR count). The maximum atomic E-state index is 11.0. The number of nitrogens with two attached hydrogens (primary N) is 1. The minimum absolute atomic E-state index is 0.0497. The Kier molecular flexibility index (Phi) is 3.64. The molecule has 0 unspecified atom stereocenters. The summed E-state index contributed by atoms with van der Waals surface area (Å²) in [7, 11) is 0. The van der Waals surface area contributed by atoms with Crippen molar-refractivity contribution in [3.63, 3.8) is 0 Å². The zero-order valence-electron chi connectivity index (χ0n) is 7.25. The van der Waals surface area contributed by atoms with Gasteiger partial charge >= 0.3 is 12.0 Å². The zero-order valence-corrected chi connectivity index (χ0v) is 7.25. The molecule has 4 N–H and O–H groups in total. The van der Waals surface area contributed by atoms with Gasteiger partial charge in [0.1, 0.15) is 0 Å². The number of urea groups is 1. The number of carboxylic acids is 1. The van der Waals surface area contributed by atoms with Crippen molar-refractivity contribution in [1.82, 2.24) is 5.32 Å². The average molecular weight is 186 g/mol. The standard InChI is InChI=1S/C7H10N2O4/c1-3(4(2)6(11)12)5(10)9-7(8)13/h1-2H3,(H,11,12)(H3,8,9,10,13). The molecule has 0 bridgehead atoms. The first-order chi connectivity index (χ1) is 5.86. The molecule has 0 fully saturated rings. The molecule has 6 heteroatoms. The van der Waals surface area contributed by atoms with Crippen molar-refractivity contribution >= 4 is 17.9 Å². The summed E-state index contributed by atoms with van der Waals surface area (Å²) in [4.78, 5) is 31.6. The normalized spacial score (nSPS) is 11.5. The van der Waals surface area contributed by atoms with E-state index < -0.39 is 17.9 Å². The minimum Gasteiger partial charge on any atom is -0.478 e. The number of carbonyl (C=O) groups excluding carboxylic acids is 2. The predicted octanol–water partition coefficient (Wildman–Crippen LogP) is -0.398. The summed E-state index contributed by atoms with van der Waals surface area (Å²) in [6.45, 7) is 2.56. The van der Waals surface area contributed by atoms with Crippen LogP contribution in [0.4, 0.5) is 4.79 Å². The first kappa shape index (κ1) is 11.2. The molecule has 0 heterocycles. The number of carbonyl (C=O) groups is 3. The molecule has 0 aromatic rings. The third-order valence-electron chi connectivity index (χ3n) is 1.46. The van der Waals surface area contributed by atoms with Gasteiger partial charge in [-0.3, -0.25) is 10.1 Å². The average Bonchev–Trinajstić information content (AvgIpc) is 2.00. The van der Waals surface area contributed by atoms with Crippen molar-refractivity contribution in [2.45, 2.75) is 13.8 Å². The molecule has 0 aromatic heterocycles. The maximum Gasteiger partial charge on any atom is 0.331 e. The van der Waals surface area contributed by atoms with Crippen LogP contribution in [0.5, 0.6) is 0 Å². The second kappa shape index (κ2) is 4.24. The molecule has 72 valence electrons. The van der Waals surface area contributed by atoms with E-state index in [9.17, 15) is 14.4 Å². The third kappa shape index (κ3) is 3.37. The summed E-state index contributed by atoms with van der Waals surface area (Å²) >= 11 is 0. The van der Waals surface area contributed by atoms with E-state index in [-0.39, 0.29) is 11.1 Å². The molecule has 0 saturated heterocycles. The van der Waals surface area contributed by atoms with Gasteiger partial charge in [0, 0.05) is 11.1 Å². The smallest absolute Gasteiger partial charge is 0.331 e. The quantitative estimate of drug-likeness (QED) is 0.509. The Bertz CT molecular complexity index is 293. The Labute approximate surface area is 74.4 Å². The van der Waals surface area contributed by atoms with Crippen LogP contribution in [0.1, 0.15) is 13.8 Å². The monoisotopic (exact) mass is 186 g/mol. The van der Waals surface area contributed by atoms with Crippen molar-refractivity contribution < 1.29 is 19.5 Å². The van der Waals surface area contributed by atoms with Gasteiger partial charge in [0.15, 0.2) is 0 Å². The Morgan fingerprint density at radius 1 is 1.15 bits per heavy atom. The highest BCUT2D eigenvalue weighted by atomic mass is 16.4. The first-order valence-corrected chi connectivity index (χ1v) is 3.37. The molecule has 0 aliphatic rings. The number of hydrogen-bond acceptors (Lipinski definition) is 3. The second-order valence-electron chi connectivity index (χ2n) is 2.37. The SMILES string of the molecule is CC(C(=O)O)=C(C)C(=O)NC(N)=O. The Morgan fingerprint density at radius 3 is 1.92 bits per heavy atom. The molecule has 0 aliphatic heterocycles. The van der Waals surface area contributed by atoms with Gasteiger partial charge in [0.05, 0.1) is 0 Å². The third-order valence-corrected chi connectivity index (χ3v) is 1.46. The van der Waals surface area contributed by atoms with Crippen LogP contribution >= 0.6 is 0 Å². The van der Waals surface area contributed by atoms with Crippen molar-refractivity contribution in [3.8, 4) is 0 Å². The molecule has 0 spiro atoms. The highest BCUT2D eigenvalue weighted by Crippen LogP contribution is 2.02. The van der Waals surface area contributed by atoms with Crippen molar-refractivity contribution in [2.75, 3.05) is 0 Å². The lowest BCUT2D eigenvalue weighted by Gasteiger charge is -2.02. The summed E-state index contributed by atoms with van der Waals surface area (Å²) < 4.78 is 0. The molecule has 13 heavy (non-hydrogen) atoms. The summed E-state index contributed by atoms with van der Waals surface area (Å²) in [6.07, 6.45) is 0. The van der Waals surface area contributed by atoms with Crippen LogP contribution in [-0.4, -0.2) is 23.0 Å². The predicted molar refractivity (Wildman–Crippen MR) is 43.7 cm³/mol. The van der Waals surface area contributed by atoms with E-state index in [2.05, 4.69) is 5.73 Å². The van der Waals surface area contributed by atoms with Gasteiger partial charge in [-0.15, -0.1) is 0 Å². The van der Waals surface area contributed by atoms with Crippen molar-refractivity contribution in [2.24, 2.45) is 5.73 Å². The van der Waals surface area contributed by atoms with Gasteiger partial charge in [-0.1, -0.05) is 0 Å². The van der Waals surface area contributed by atoms with Crippen molar-refractivity contribution in [1.29, 1.82) is 0 Å². The van der Waals surface area contributed by atoms with Gasteiger partial charge in [0.2, 0.25) is 0 Å². The zero-order chi connectivity index (χ0) is 10.6. The van der Waals surface area contributed by atoms with Crippen LogP contribution in [0.15, 0.2) is 11.1 Å². The molecule has 0 aliphatic carbocycles. The van der Waals surface area contributed by atoms with Gasteiger partial charge < -0.3 is 10.8 Å². The number of imide groups is 1. The van der Waals surface area contributed by atoms with Crippen LogP contribution in [0, 0.1) is 0 Å². The number of carboxylic acid groups (broad SMARTS) is 1. The van der Waals surface area contributed by atoms with Crippen LogP contribution in [-0.2, 0) is 9.59 Å². The lowest BCUT2D eigenvalue weighted by atomic mass is 10.1. The van der Waals surface area contributed by atoms with Crippen LogP contribution in [0.2, 0.25) is 0 Å². The number of hydrogen-bond donors (Lipinski definition) is 3. The van der Waals surface area contributed by atoms with Crippen LogP contribution in [0.25, 0.3) is 0 Å². The molecule has 3 amide bonds. The Morgan fingerprint density at radius 2 is 1.62 bits per heavy atom. The van der Waals surface area contributed by atoms with E-state index in [1.165, 1.54) is 13.8 Å². The fourth-order valence-electron chi connectivity index (χ4n) is 0.536. The molecule has 0 radical (unpaired) electrons.